The van der Waals surface area contributed by atoms with Gasteiger partial charge in [0.05, 0.1) is 26.4 Å². The third kappa shape index (κ3) is 17.8. The van der Waals surface area contributed by atoms with Gasteiger partial charge in [0.25, 0.3) is 0 Å². The standard InChI is InChI=1S/C4H10O3.O.W/c5-1-3-7-4-2-6;;/h5-6H,1-4H2;;. The molecule has 0 aromatic carbocycles. The van der Waals surface area contributed by atoms with Crippen molar-refractivity contribution in [1.29, 1.82) is 0 Å². The summed E-state index contributed by atoms with van der Waals surface area (Å²) in [4.78, 5) is 0. The molecule has 9 heavy (non-hydrogen) atoms. The molecule has 0 amide bonds. The Morgan fingerprint density at radius 3 is 1.67 bits per heavy atom. The zero-order chi connectivity index (χ0) is 7.54. The number of aliphatic hydroxyl groups excluding tert-OH is 2. The van der Waals surface area contributed by atoms with E-state index in [-0.39, 0.29) is 13.2 Å². The van der Waals surface area contributed by atoms with Crippen molar-refractivity contribution < 1.29 is 38.1 Å². The molecule has 0 atom stereocenters. The van der Waals surface area contributed by atoms with Gasteiger partial charge in [0.2, 0.25) is 0 Å². The van der Waals surface area contributed by atoms with Crippen molar-refractivity contribution in [2.45, 2.75) is 0 Å². The molecule has 0 saturated carbocycles. The van der Waals surface area contributed by atoms with Crippen LogP contribution in [-0.4, -0.2) is 36.6 Å². The van der Waals surface area contributed by atoms with E-state index in [9.17, 15) is 0 Å². The second-order valence-corrected chi connectivity index (χ2v) is 1.06. The molecule has 0 bridgehead atoms. The first-order valence-electron chi connectivity index (χ1n) is 2.38. The Labute approximate surface area is 65.0 Å². The number of aliphatic hydroxyl groups is 2. The van der Waals surface area contributed by atoms with E-state index < -0.39 is 0 Å². The zero-order valence-electron chi connectivity index (χ0n) is 4.95. The van der Waals surface area contributed by atoms with Crippen LogP contribution < -0.4 is 0 Å². The normalized spacial score (nSPS) is 7.78. The Morgan fingerprint density at radius 1 is 1.11 bits per heavy atom. The fourth-order valence-corrected chi connectivity index (χ4v) is 0.231. The predicted molar refractivity (Wildman–Crippen MR) is 25.7 cm³/mol. The average Bonchev–Trinajstić information content (AvgIpc) is 1.94. The summed E-state index contributed by atoms with van der Waals surface area (Å²) in [6.07, 6.45) is 0. The van der Waals surface area contributed by atoms with Crippen LogP contribution in [0.5, 0.6) is 0 Å². The van der Waals surface area contributed by atoms with Crippen molar-refractivity contribution in [1.82, 2.24) is 0 Å². The van der Waals surface area contributed by atoms with Gasteiger partial charge in [-0.15, -0.1) is 0 Å². The van der Waals surface area contributed by atoms with Gasteiger partial charge in [-0.25, -0.2) is 0 Å². The van der Waals surface area contributed by atoms with Gasteiger partial charge in [0.15, 0.2) is 0 Å². The van der Waals surface area contributed by atoms with Gasteiger partial charge in [-0.1, -0.05) is 0 Å². The molecule has 4 nitrogen and oxygen atoms in total. The van der Waals surface area contributed by atoms with E-state index >= 15 is 0 Å². The molecule has 0 rings (SSSR count). The minimum atomic E-state index is 0.0278. The molecular weight excluding hydrogens is 296 g/mol. The van der Waals surface area contributed by atoms with Gasteiger partial charge in [-0.05, 0) is 0 Å². The van der Waals surface area contributed by atoms with E-state index in [0.29, 0.717) is 33.0 Å². The molecule has 0 spiro atoms. The van der Waals surface area contributed by atoms with E-state index in [1.807, 2.05) is 0 Å². The van der Waals surface area contributed by atoms with Crippen LogP contribution >= 0.6 is 0 Å². The second-order valence-electron chi connectivity index (χ2n) is 1.06. The molecule has 0 saturated heterocycles. The van der Waals surface area contributed by atoms with E-state index in [0.717, 1.165) is 0 Å². The monoisotopic (exact) mass is 306 g/mol. The predicted octanol–water partition coefficient (Wildman–Crippen LogP) is -1.13. The van der Waals surface area contributed by atoms with Gasteiger partial charge in [-0.2, -0.15) is 0 Å². The van der Waals surface area contributed by atoms with Crippen molar-refractivity contribution in [2.24, 2.45) is 0 Å². The fraction of sp³-hybridized carbons (Fsp3) is 1.00. The van der Waals surface area contributed by atoms with E-state index in [1.165, 1.54) is 0 Å². The Bertz CT molecular complexity index is 39.5. The number of hydrogen-bond donors (Lipinski definition) is 2. The molecule has 0 unspecified atom stereocenters. The van der Waals surface area contributed by atoms with Gasteiger partial charge in [0, 0.05) is 0 Å². The minimum absolute atomic E-state index is 0.0278. The molecule has 0 fully saturated rings. The summed E-state index contributed by atoms with van der Waals surface area (Å²) < 4.78 is 13.0. The molecule has 0 aromatic heterocycles. The first-order valence-corrected chi connectivity index (χ1v) is 3.57. The maximum absolute atomic E-state index is 8.33. The van der Waals surface area contributed by atoms with Crippen molar-refractivity contribution in [3.05, 3.63) is 0 Å². The van der Waals surface area contributed by atoms with Crippen molar-refractivity contribution in [3.63, 3.8) is 0 Å². The Morgan fingerprint density at radius 2 is 1.44 bits per heavy atom. The summed E-state index contributed by atoms with van der Waals surface area (Å²) in [6, 6.07) is 0. The van der Waals surface area contributed by atoms with Gasteiger partial charge >= 0.3 is 23.2 Å². The summed E-state index contributed by atoms with van der Waals surface area (Å²) >= 11 is 0.333. The van der Waals surface area contributed by atoms with Crippen LogP contribution in [0.4, 0.5) is 0 Å². The summed E-state index contributed by atoms with van der Waals surface area (Å²) in [5, 5.41) is 16.2. The zero-order valence-corrected chi connectivity index (χ0v) is 7.88. The molecule has 0 radical (unpaired) electrons. The topological polar surface area (TPSA) is 66.8 Å². The van der Waals surface area contributed by atoms with Crippen LogP contribution in [0, 0.1) is 0 Å². The molecular formula is C4H10O4W. The van der Waals surface area contributed by atoms with Crippen LogP contribution in [0.25, 0.3) is 0 Å². The number of rotatable bonds is 4. The molecule has 0 heterocycles. The SMILES string of the molecule is OCCOCCO.[O]=[W]. The van der Waals surface area contributed by atoms with Crippen LogP contribution in [0.1, 0.15) is 0 Å². The van der Waals surface area contributed by atoms with Crippen molar-refractivity contribution >= 4 is 0 Å². The van der Waals surface area contributed by atoms with Gasteiger partial charge < -0.3 is 14.9 Å². The molecule has 0 aliphatic carbocycles. The summed E-state index contributed by atoms with van der Waals surface area (Å²) in [7, 11) is 0. The van der Waals surface area contributed by atoms with Gasteiger partial charge in [0.1, 0.15) is 0 Å². The molecule has 56 valence electrons. The molecule has 0 aliphatic rings. The van der Waals surface area contributed by atoms with Crippen LogP contribution in [0.15, 0.2) is 0 Å². The molecule has 2 N–H and O–H groups in total. The third-order valence-electron chi connectivity index (χ3n) is 0.471. The summed E-state index contributed by atoms with van der Waals surface area (Å²) in [5.41, 5.74) is 0. The maximum atomic E-state index is 8.33. The van der Waals surface area contributed by atoms with Crippen molar-refractivity contribution in [2.75, 3.05) is 26.4 Å². The Kier molecular flexibility index (Phi) is 21.2. The van der Waals surface area contributed by atoms with Gasteiger partial charge in [-0.3, -0.25) is 0 Å². The first-order chi connectivity index (χ1) is 4.41. The fourth-order valence-electron chi connectivity index (χ4n) is 0.231. The quantitative estimate of drug-likeness (QED) is 0.645. The first kappa shape index (κ1) is 12.1. The number of ether oxygens (including phenoxy) is 1. The molecule has 0 aliphatic heterocycles. The van der Waals surface area contributed by atoms with Crippen LogP contribution in [-0.2, 0) is 27.9 Å². The van der Waals surface area contributed by atoms with E-state index in [4.69, 9.17) is 13.6 Å². The van der Waals surface area contributed by atoms with E-state index in [1.54, 1.807) is 0 Å². The molecule has 5 heteroatoms. The second kappa shape index (κ2) is 15.8. The molecule has 0 aromatic rings. The summed E-state index contributed by atoms with van der Waals surface area (Å²) in [6.45, 7) is 0.696. The Hall–Kier alpha value is 0.368. The van der Waals surface area contributed by atoms with E-state index in [2.05, 4.69) is 4.74 Å². The Balaban J connectivity index is 0. The van der Waals surface area contributed by atoms with Crippen LogP contribution in [0.2, 0.25) is 0 Å². The third-order valence-corrected chi connectivity index (χ3v) is 0.471. The number of hydrogen-bond acceptors (Lipinski definition) is 4. The average molecular weight is 306 g/mol. The van der Waals surface area contributed by atoms with Crippen LogP contribution in [0.3, 0.4) is 0 Å². The van der Waals surface area contributed by atoms with Crippen molar-refractivity contribution in [3.8, 4) is 0 Å². The summed E-state index contributed by atoms with van der Waals surface area (Å²) in [5.74, 6) is 0.